The number of aromatic nitrogens is 4. The van der Waals surface area contributed by atoms with E-state index in [0.717, 1.165) is 29.9 Å². The standard InChI is InChI=1S/C20H21N5O/c1-13(2)14-6-8-15(9-7-14)20(26)21-17-5-3-4-16(12-17)19-22-23-24-25(19)18-10-11-18/h3-9,12-13,18H,10-11H2,1-2H3,(H,21,26). The van der Waals surface area contributed by atoms with Gasteiger partial charge in [-0.3, -0.25) is 4.79 Å². The zero-order valence-corrected chi connectivity index (χ0v) is 14.9. The van der Waals surface area contributed by atoms with Gasteiger partial charge in [0.05, 0.1) is 6.04 Å². The molecule has 1 aliphatic carbocycles. The van der Waals surface area contributed by atoms with Crippen LogP contribution < -0.4 is 5.32 Å². The summed E-state index contributed by atoms with van der Waals surface area (Å²) in [5, 5.41) is 15.0. The van der Waals surface area contributed by atoms with Crippen LogP contribution in [-0.2, 0) is 0 Å². The summed E-state index contributed by atoms with van der Waals surface area (Å²) in [5.74, 6) is 1.06. The number of hydrogen-bond donors (Lipinski definition) is 1. The lowest BCUT2D eigenvalue weighted by molar-refractivity contribution is 0.102. The number of hydrogen-bond acceptors (Lipinski definition) is 4. The first kappa shape index (κ1) is 16.4. The van der Waals surface area contributed by atoms with Gasteiger partial charge >= 0.3 is 0 Å². The van der Waals surface area contributed by atoms with Gasteiger partial charge in [0.1, 0.15) is 0 Å². The minimum absolute atomic E-state index is 0.126. The van der Waals surface area contributed by atoms with Crippen LogP contribution in [0.25, 0.3) is 11.4 Å². The molecule has 4 rings (SSSR count). The highest BCUT2D eigenvalue weighted by Gasteiger charge is 2.28. The Bertz CT molecular complexity index is 925. The smallest absolute Gasteiger partial charge is 0.255 e. The van der Waals surface area contributed by atoms with E-state index in [1.165, 1.54) is 5.56 Å². The second-order valence-electron chi connectivity index (χ2n) is 6.99. The van der Waals surface area contributed by atoms with Crippen LogP contribution >= 0.6 is 0 Å². The van der Waals surface area contributed by atoms with Gasteiger partial charge in [0.25, 0.3) is 5.91 Å². The summed E-state index contributed by atoms with van der Waals surface area (Å²) >= 11 is 0. The van der Waals surface area contributed by atoms with Crippen molar-refractivity contribution in [3.8, 4) is 11.4 Å². The molecule has 1 aromatic heterocycles. The number of rotatable bonds is 5. The molecule has 0 spiro atoms. The normalized spacial score (nSPS) is 13.8. The minimum atomic E-state index is -0.126. The molecule has 1 aliphatic rings. The monoisotopic (exact) mass is 347 g/mol. The Morgan fingerprint density at radius 2 is 1.92 bits per heavy atom. The van der Waals surface area contributed by atoms with Crippen molar-refractivity contribution in [1.29, 1.82) is 0 Å². The number of carbonyl (C=O) groups excluding carboxylic acids is 1. The quantitative estimate of drug-likeness (QED) is 0.756. The predicted octanol–water partition coefficient (Wildman–Crippen LogP) is 4.05. The van der Waals surface area contributed by atoms with Gasteiger partial charge in [0.15, 0.2) is 5.82 Å². The van der Waals surface area contributed by atoms with Crippen molar-refractivity contribution >= 4 is 11.6 Å². The number of tetrazole rings is 1. The van der Waals surface area contributed by atoms with E-state index in [1.807, 2.05) is 53.2 Å². The van der Waals surface area contributed by atoms with Crippen molar-refractivity contribution in [2.45, 2.75) is 38.6 Å². The summed E-state index contributed by atoms with van der Waals surface area (Å²) in [4.78, 5) is 12.5. The van der Waals surface area contributed by atoms with Crippen LogP contribution in [0.2, 0.25) is 0 Å². The molecule has 0 aliphatic heterocycles. The second kappa shape index (κ2) is 6.71. The van der Waals surface area contributed by atoms with Gasteiger partial charge < -0.3 is 5.32 Å². The Hall–Kier alpha value is -3.02. The largest absolute Gasteiger partial charge is 0.322 e. The summed E-state index contributed by atoms with van der Waals surface area (Å²) in [5.41, 5.74) is 3.48. The van der Waals surface area contributed by atoms with Gasteiger partial charge in [-0.25, -0.2) is 4.68 Å². The van der Waals surface area contributed by atoms with E-state index in [9.17, 15) is 4.79 Å². The first-order valence-electron chi connectivity index (χ1n) is 8.91. The van der Waals surface area contributed by atoms with E-state index in [-0.39, 0.29) is 5.91 Å². The number of amides is 1. The van der Waals surface area contributed by atoms with Gasteiger partial charge in [-0.1, -0.05) is 38.1 Å². The molecule has 0 radical (unpaired) electrons. The van der Waals surface area contributed by atoms with E-state index in [1.54, 1.807) is 0 Å². The molecular weight excluding hydrogens is 326 g/mol. The molecule has 132 valence electrons. The zero-order valence-electron chi connectivity index (χ0n) is 14.9. The number of anilines is 1. The Labute approximate surface area is 152 Å². The lowest BCUT2D eigenvalue weighted by Gasteiger charge is -2.09. The molecule has 1 amide bonds. The van der Waals surface area contributed by atoms with Crippen LogP contribution in [-0.4, -0.2) is 26.1 Å². The number of nitrogens with zero attached hydrogens (tertiary/aromatic N) is 4. The molecule has 0 atom stereocenters. The van der Waals surface area contributed by atoms with Crippen molar-refractivity contribution in [3.05, 3.63) is 59.7 Å². The van der Waals surface area contributed by atoms with Gasteiger partial charge in [0.2, 0.25) is 0 Å². The molecule has 0 unspecified atom stereocenters. The molecule has 1 N–H and O–H groups in total. The van der Waals surface area contributed by atoms with Crippen LogP contribution in [0, 0.1) is 0 Å². The fourth-order valence-electron chi connectivity index (χ4n) is 2.91. The average molecular weight is 347 g/mol. The van der Waals surface area contributed by atoms with Gasteiger partial charge in [-0.2, -0.15) is 0 Å². The van der Waals surface area contributed by atoms with Crippen LogP contribution in [0.4, 0.5) is 5.69 Å². The molecule has 1 heterocycles. The van der Waals surface area contributed by atoms with Crippen LogP contribution in [0.5, 0.6) is 0 Å². The summed E-state index contributed by atoms with van der Waals surface area (Å²) in [7, 11) is 0. The van der Waals surface area contributed by atoms with E-state index in [4.69, 9.17) is 0 Å². The van der Waals surface area contributed by atoms with Crippen LogP contribution in [0.1, 0.15) is 54.6 Å². The van der Waals surface area contributed by atoms with Gasteiger partial charge in [-0.05, 0) is 59.0 Å². The first-order chi connectivity index (χ1) is 12.6. The molecule has 1 saturated carbocycles. The summed E-state index contributed by atoms with van der Waals surface area (Å²) in [6.45, 7) is 4.27. The van der Waals surface area contributed by atoms with Crippen LogP contribution in [0.15, 0.2) is 48.5 Å². The van der Waals surface area contributed by atoms with Crippen molar-refractivity contribution in [3.63, 3.8) is 0 Å². The summed E-state index contributed by atoms with van der Waals surface area (Å²) in [6, 6.07) is 15.8. The number of carbonyl (C=O) groups is 1. The van der Waals surface area contributed by atoms with Gasteiger partial charge in [0, 0.05) is 16.8 Å². The fourth-order valence-corrected chi connectivity index (χ4v) is 2.91. The lowest BCUT2D eigenvalue weighted by Crippen LogP contribution is -2.12. The molecule has 6 heteroatoms. The maximum Gasteiger partial charge on any atom is 0.255 e. The lowest BCUT2D eigenvalue weighted by atomic mass is 10.0. The van der Waals surface area contributed by atoms with Crippen molar-refractivity contribution in [1.82, 2.24) is 20.2 Å². The Kier molecular flexibility index (Phi) is 4.24. The van der Waals surface area contributed by atoms with E-state index in [0.29, 0.717) is 17.5 Å². The third-order valence-electron chi connectivity index (χ3n) is 4.60. The third kappa shape index (κ3) is 3.35. The maximum atomic E-state index is 12.5. The minimum Gasteiger partial charge on any atom is -0.322 e. The SMILES string of the molecule is CC(C)c1ccc(C(=O)Nc2cccc(-c3nnnn3C3CC3)c2)cc1. The third-order valence-corrected chi connectivity index (χ3v) is 4.60. The van der Waals surface area contributed by atoms with Crippen molar-refractivity contribution in [2.24, 2.45) is 0 Å². The van der Waals surface area contributed by atoms with E-state index >= 15 is 0 Å². The molecular formula is C20H21N5O. The van der Waals surface area contributed by atoms with Crippen LogP contribution in [0.3, 0.4) is 0 Å². The molecule has 2 aromatic carbocycles. The van der Waals surface area contributed by atoms with E-state index < -0.39 is 0 Å². The highest BCUT2D eigenvalue weighted by Crippen LogP contribution is 2.36. The molecule has 0 saturated heterocycles. The molecule has 6 nitrogen and oxygen atoms in total. The Morgan fingerprint density at radius 3 is 2.62 bits per heavy atom. The molecule has 1 fully saturated rings. The maximum absolute atomic E-state index is 12.5. The molecule has 26 heavy (non-hydrogen) atoms. The average Bonchev–Trinajstić information content (AvgIpc) is 3.38. The molecule has 0 bridgehead atoms. The number of nitrogens with one attached hydrogen (secondary N) is 1. The highest BCUT2D eigenvalue weighted by molar-refractivity contribution is 6.04. The zero-order chi connectivity index (χ0) is 18.1. The number of benzene rings is 2. The van der Waals surface area contributed by atoms with Gasteiger partial charge in [-0.15, -0.1) is 5.10 Å². The predicted molar refractivity (Wildman–Crippen MR) is 100 cm³/mol. The van der Waals surface area contributed by atoms with E-state index in [2.05, 4.69) is 34.7 Å². The Morgan fingerprint density at radius 1 is 1.15 bits per heavy atom. The fraction of sp³-hybridized carbons (Fsp3) is 0.300. The van der Waals surface area contributed by atoms with Crippen molar-refractivity contribution in [2.75, 3.05) is 5.32 Å². The van der Waals surface area contributed by atoms with Crippen molar-refractivity contribution < 1.29 is 4.79 Å². The molecule has 3 aromatic rings. The Balaban J connectivity index is 1.53. The highest BCUT2D eigenvalue weighted by atomic mass is 16.1. The summed E-state index contributed by atoms with van der Waals surface area (Å²) in [6.07, 6.45) is 2.22. The second-order valence-corrected chi connectivity index (χ2v) is 6.99. The first-order valence-corrected chi connectivity index (χ1v) is 8.91. The topological polar surface area (TPSA) is 72.7 Å². The summed E-state index contributed by atoms with van der Waals surface area (Å²) < 4.78 is 1.87.